The Morgan fingerprint density at radius 3 is 2.78 bits per heavy atom. The summed E-state index contributed by atoms with van der Waals surface area (Å²) in [4.78, 5) is 27.4. The number of imide groups is 1. The van der Waals surface area contributed by atoms with Gasteiger partial charge in [-0.3, -0.25) is 19.9 Å². The highest BCUT2D eigenvalue weighted by Gasteiger charge is 2.25. The van der Waals surface area contributed by atoms with Crippen molar-refractivity contribution < 1.29 is 18.7 Å². The first-order valence-electron chi connectivity index (χ1n) is 7.91. The van der Waals surface area contributed by atoms with Gasteiger partial charge in [0.1, 0.15) is 11.5 Å². The van der Waals surface area contributed by atoms with Crippen LogP contribution in [0.5, 0.6) is 5.75 Å². The van der Waals surface area contributed by atoms with Crippen LogP contribution in [-0.4, -0.2) is 23.2 Å². The molecule has 0 bridgehead atoms. The van der Waals surface area contributed by atoms with Gasteiger partial charge >= 0.3 is 0 Å². The zero-order valence-electron chi connectivity index (χ0n) is 14.1. The van der Waals surface area contributed by atoms with E-state index in [1.807, 2.05) is 24.3 Å². The van der Waals surface area contributed by atoms with E-state index in [1.165, 1.54) is 6.08 Å². The first kappa shape index (κ1) is 16.9. The van der Waals surface area contributed by atoms with E-state index in [9.17, 15) is 9.59 Å². The Labute approximate surface area is 158 Å². The highest BCUT2D eigenvalue weighted by Crippen LogP contribution is 2.29. The van der Waals surface area contributed by atoms with E-state index in [0.717, 1.165) is 22.7 Å². The van der Waals surface area contributed by atoms with Gasteiger partial charge in [0.25, 0.3) is 11.1 Å². The maximum atomic E-state index is 11.7. The Bertz CT molecular complexity index is 1170. The van der Waals surface area contributed by atoms with Gasteiger partial charge in [-0.05, 0) is 30.0 Å². The molecule has 2 aromatic heterocycles. The Morgan fingerprint density at radius 1 is 1.19 bits per heavy atom. The van der Waals surface area contributed by atoms with Crippen LogP contribution in [-0.2, 0) is 4.79 Å². The number of nitrogens with zero attached hydrogens (tertiary/aromatic N) is 1. The minimum absolute atomic E-state index is 0.286. The number of carbonyl (C=O) groups is 2. The number of hydrogen-bond acceptors (Lipinski definition) is 6. The van der Waals surface area contributed by atoms with Crippen LogP contribution in [0, 0.1) is 11.8 Å². The van der Waals surface area contributed by atoms with Gasteiger partial charge in [-0.1, -0.05) is 24.0 Å². The molecule has 0 radical (unpaired) electrons. The van der Waals surface area contributed by atoms with Crippen LogP contribution in [0.2, 0.25) is 0 Å². The monoisotopic (exact) mass is 376 g/mol. The van der Waals surface area contributed by atoms with Crippen molar-refractivity contribution in [1.29, 1.82) is 0 Å². The molecule has 132 valence electrons. The Balaban J connectivity index is 1.73. The van der Waals surface area contributed by atoms with Gasteiger partial charge in [0.15, 0.2) is 5.58 Å². The number of nitrogens with one attached hydrogen (secondary N) is 1. The zero-order valence-corrected chi connectivity index (χ0v) is 14.9. The number of furan rings is 1. The maximum Gasteiger partial charge on any atom is 0.290 e. The van der Waals surface area contributed by atoms with Crippen LogP contribution in [0.15, 0.2) is 52.0 Å². The molecule has 0 saturated carbocycles. The molecule has 1 saturated heterocycles. The van der Waals surface area contributed by atoms with Crippen molar-refractivity contribution in [2.75, 3.05) is 7.11 Å². The predicted octanol–water partition coefficient (Wildman–Crippen LogP) is 3.56. The third-order valence-corrected chi connectivity index (χ3v) is 4.61. The van der Waals surface area contributed by atoms with Crippen molar-refractivity contribution in [3.05, 3.63) is 64.5 Å². The maximum absolute atomic E-state index is 11.7. The van der Waals surface area contributed by atoms with Crippen LogP contribution in [0.3, 0.4) is 0 Å². The molecule has 0 atom stereocenters. The SMILES string of the molecule is COc1ccccc1C#Cc1cncc2cc(/C=C3/SC(=O)NC3=O)oc12. The van der Waals surface area contributed by atoms with Crippen LogP contribution in [0.25, 0.3) is 17.0 Å². The topological polar surface area (TPSA) is 81.4 Å². The summed E-state index contributed by atoms with van der Waals surface area (Å²) in [5.74, 6) is 6.82. The van der Waals surface area contributed by atoms with Gasteiger partial charge in [0.2, 0.25) is 0 Å². The molecule has 1 aliphatic rings. The summed E-state index contributed by atoms with van der Waals surface area (Å²) in [5.41, 5.74) is 1.93. The van der Waals surface area contributed by atoms with E-state index in [0.29, 0.717) is 22.7 Å². The second-order valence-corrected chi connectivity index (χ2v) is 6.57. The molecule has 0 spiro atoms. The van der Waals surface area contributed by atoms with Gasteiger partial charge in [-0.25, -0.2) is 0 Å². The first-order valence-corrected chi connectivity index (χ1v) is 8.73. The smallest absolute Gasteiger partial charge is 0.290 e. The molecule has 0 aliphatic carbocycles. The van der Waals surface area contributed by atoms with Crippen molar-refractivity contribution in [1.82, 2.24) is 10.3 Å². The highest BCUT2D eigenvalue weighted by molar-refractivity contribution is 8.18. The predicted molar refractivity (Wildman–Crippen MR) is 102 cm³/mol. The number of rotatable bonds is 2. The number of aromatic nitrogens is 1. The molecule has 7 heteroatoms. The minimum atomic E-state index is -0.431. The van der Waals surface area contributed by atoms with Crippen molar-refractivity contribution >= 4 is 40.0 Å². The van der Waals surface area contributed by atoms with E-state index in [2.05, 4.69) is 22.1 Å². The molecule has 1 N–H and O–H groups in total. The second kappa shape index (κ2) is 7.02. The molecule has 3 aromatic rings. The lowest BCUT2D eigenvalue weighted by Crippen LogP contribution is -2.17. The largest absolute Gasteiger partial charge is 0.495 e. The number of pyridine rings is 1. The van der Waals surface area contributed by atoms with Gasteiger partial charge in [0, 0.05) is 23.9 Å². The molecule has 4 rings (SSSR count). The molecule has 3 heterocycles. The number of para-hydroxylation sites is 1. The first-order chi connectivity index (χ1) is 13.1. The fourth-order valence-corrected chi connectivity index (χ4v) is 3.24. The highest BCUT2D eigenvalue weighted by atomic mass is 32.2. The summed E-state index contributed by atoms with van der Waals surface area (Å²) in [5, 5.41) is 2.57. The molecule has 1 aromatic carbocycles. The van der Waals surface area contributed by atoms with Gasteiger partial charge < -0.3 is 9.15 Å². The molecule has 1 fully saturated rings. The van der Waals surface area contributed by atoms with Gasteiger partial charge in [-0.15, -0.1) is 0 Å². The number of benzene rings is 1. The second-order valence-electron chi connectivity index (χ2n) is 5.56. The van der Waals surface area contributed by atoms with E-state index >= 15 is 0 Å². The third-order valence-electron chi connectivity index (χ3n) is 3.80. The molecule has 0 unspecified atom stereocenters. The standard InChI is InChI=1S/C20H12N2O4S/c1-25-16-5-3-2-4-12(16)6-7-13-10-21-11-14-8-15(26-18(13)14)9-17-19(23)22-20(24)27-17/h2-5,8-11H,1H3,(H,22,23,24)/b17-9+. The summed E-state index contributed by atoms with van der Waals surface area (Å²) in [6.07, 6.45) is 4.80. The lowest BCUT2D eigenvalue weighted by molar-refractivity contribution is -0.115. The number of hydrogen-bond donors (Lipinski definition) is 1. The molecule has 27 heavy (non-hydrogen) atoms. The fraction of sp³-hybridized carbons (Fsp3) is 0.0500. The number of methoxy groups -OCH3 is 1. The van der Waals surface area contributed by atoms with E-state index < -0.39 is 11.1 Å². The zero-order chi connectivity index (χ0) is 18.8. The average Bonchev–Trinajstić information content (AvgIpc) is 3.22. The van der Waals surface area contributed by atoms with Gasteiger partial charge in [-0.2, -0.15) is 0 Å². The van der Waals surface area contributed by atoms with Crippen LogP contribution in [0.1, 0.15) is 16.9 Å². The van der Waals surface area contributed by atoms with Crippen molar-refractivity contribution in [3.63, 3.8) is 0 Å². The van der Waals surface area contributed by atoms with E-state index in [1.54, 1.807) is 25.6 Å². The van der Waals surface area contributed by atoms with Crippen molar-refractivity contribution in [3.8, 4) is 17.6 Å². The van der Waals surface area contributed by atoms with Crippen LogP contribution in [0.4, 0.5) is 4.79 Å². The lowest BCUT2D eigenvalue weighted by Gasteiger charge is -2.00. The van der Waals surface area contributed by atoms with Crippen LogP contribution < -0.4 is 10.1 Å². The number of fused-ring (bicyclic) bond motifs is 1. The van der Waals surface area contributed by atoms with Crippen molar-refractivity contribution in [2.24, 2.45) is 0 Å². The summed E-state index contributed by atoms with van der Waals surface area (Å²) < 4.78 is 11.1. The Kier molecular flexibility index (Phi) is 4.40. The quantitative estimate of drug-likeness (QED) is 0.544. The summed E-state index contributed by atoms with van der Waals surface area (Å²) >= 11 is 0.838. The van der Waals surface area contributed by atoms with E-state index in [4.69, 9.17) is 9.15 Å². The summed E-state index contributed by atoms with van der Waals surface area (Å²) in [7, 11) is 1.59. The minimum Gasteiger partial charge on any atom is -0.495 e. The van der Waals surface area contributed by atoms with Crippen molar-refractivity contribution in [2.45, 2.75) is 0 Å². The molecule has 1 aliphatic heterocycles. The van der Waals surface area contributed by atoms with E-state index in [-0.39, 0.29) is 4.91 Å². The number of carbonyl (C=O) groups excluding carboxylic acids is 2. The Hall–Kier alpha value is -3.50. The lowest BCUT2D eigenvalue weighted by atomic mass is 10.1. The normalized spacial score (nSPS) is 14.9. The molecule has 2 amide bonds. The van der Waals surface area contributed by atoms with Gasteiger partial charge in [0.05, 0.1) is 23.1 Å². The summed E-state index contributed by atoms with van der Waals surface area (Å²) in [6.45, 7) is 0. The average molecular weight is 376 g/mol. The molecular formula is C20H12N2O4S. The number of ether oxygens (including phenoxy) is 1. The fourth-order valence-electron chi connectivity index (χ4n) is 2.58. The Morgan fingerprint density at radius 2 is 2.00 bits per heavy atom. The number of amides is 2. The summed E-state index contributed by atoms with van der Waals surface area (Å²) in [6, 6.07) is 9.21. The van der Waals surface area contributed by atoms with Crippen LogP contribution >= 0.6 is 11.8 Å². The molecular weight excluding hydrogens is 364 g/mol. The third kappa shape index (κ3) is 3.43. The number of thioether (sulfide) groups is 1. The molecule has 6 nitrogen and oxygen atoms in total.